The van der Waals surface area contributed by atoms with Crippen LogP contribution in [0.15, 0.2) is 23.1 Å². The molecule has 1 aliphatic heterocycles. The van der Waals surface area contributed by atoms with Crippen molar-refractivity contribution in [3.8, 4) is 0 Å². The van der Waals surface area contributed by atoms with Crippen molar-refractivity contribution in [2.75, 3.05) is 20.6 Å². The molecule has 0 unspecified atom stereocenters. The van der Waals surface area contributed by atoms with Crippen LogP contribution in [0, 0.1) is 12.7 Å². The Morgan fingerprint density at radius 3 is 2.57 bits per heavy atom. The molecule has 128 valence electrons. The molecule has 8 heteroatoms. The van der Waals surface area contributed by atoms with Crippen molar-refractivity contribution in [3.05, 3.63) is 29.6 Å². The molecule has 1 saturated heterocycles. The predicted molar refractivity (Wildman–Crippen MR) is 83.2 cm³/mol. The van der Waals surface area contributed by atoms with E-state index in [2.05, 4.69) is 0 Å². The van der Waals surface area contributed by atoms with E-state index in [9.17, 15) is 22.7 Å². The molecule has 1 aromatic carbocycles. The van der Waals surface area contributed by atoms with Crippen molar-refractivity contribution in [1.29, 1.82) is 0 Å². The Balaban J connectivity index is 2.37. The fourth-order valence-corrected chi connectivity index (χ4v) is 4.40. The lowest BCUT2D eigenvalue weighted by molar-refractivity contribution is -0.143. The van der Waals surface area contributed by atoms with E-state index >= 15 is 0 Å². The van der Waals surface area contributed by atoms with Crippen LogP contribution in [0.3, 0.4) is 0 Å². The molecule has 1 heterocycles. The SMILES string of the molecule is Cc1ccc(S(=O)(=O)N2CC[C@H](N(C)C)C[C@@H]2C(=O)O)cc1F. The van der Waals surface area contributed by atoms with Crippen molar-refractivity contribution in [2.24, 2.45) is 0 Å². The number of halogens is 1. The highest BCUT2D eigenvalue weighted by Crippen LogP contribution is 2.28. The molecule has 0 radical (unpaired) electrons. The summed E-state index contributed by atoms with van der Waals surface area (Å²) in [5, 5.41) is 9.42. The van der Waals surface area contributed by atoms with Crippen LogP contribution >= 0.6 is 0 Å². The summed E-state index contributed by atoms with van der Waals surface area (Å²) < 4.78 is 40.1. The number of sulfonamides is 1. The van der Waals surface area contributed by atoms with E-state index in [-0.39, 0.29) is 23.9 Å². The standard InChI is InChI=1S/C15H21FN2O4S/c1-10-4-5-12(9-13(10)16)23(21,22)18-7-6-11(17(2)3)8-14(18)15(19)20/h4-5,9,11,14H,6-8H2,1-3H3,(H,19,20)/t11-,14+/m0/s1. The summed E-state index contributed by atoms with van der Waals surface area (Å²) in [6.07, 6.45) is 0.736. The summed E-state index contributed by atoms with van der Waals surface area (Å²) in [5.74, 6) is -1.81. The summed E-state index contributed by atoms with van der Waals surface area (Å²) in [5.41, 5.74) is 0.338. The zero-order chi connectivity index (χ0) is 17.4. The molecule has 0 spiro atoms. The highest BCUT2D eigenvalue weighted by atomic mass is 32.2. The van der Waals surface area contributed by atoms with Gasteiger partial charge in [0.1, 0.15) is 11.9 Å². The van der Waals surface area contributed by atoms with Gasteiger partial charge in [-0.2, -0.15) is 4.31 Å². The molecule has 0 aromatic heterocycles. The van der Waals surface area contributed by atoms with Crippen LogP contribution < -0.4 is 0 Å². The van der Waals surface area contributed by atoms with Crippen molar-refractivity contribution in [2.45, 2.75) is 36.7 Å². The largest absolute Gasteiger partial charge is 0.480 e. The summed E-state index contributed by atoms with van der Waals surface area (Å²) >= 11 is 0. The third-order valence-corrected chi connectivity index (χ3v) is 6.20. The molecule has 23 heavy (non-hydrogen) atoms. The van der Waals surface area contributed by atoms with E-state index in [1.54, 1.807) is 0 Å². The highest BCUT2D eigenvalue weighted by Gasteiger charge is 2.41. The Kier molecular flexibility index (Phi) is 5.07. The maximum atomic E-state index is 13.7. The van der Waals surface area contributed by atoms with Crippen molar-refractivity contribution in [1.82, 2.24) is 9.21 Å². The van der Waals surface area contributed by atoms with Gasteiger partial charge in [0.05, 0.1) is 4.90 Å². The lowest BCUT2D eigenvalue weighted by atomic mass is 9.99. The van der Waals surface area contributed by atoms with Gasteiger partial charge in [-0.25, -0.2) is 12.8 Å². The number of rotatable bonds is 4. The van der Waals surface area contributed by atoms with Gasteiger partial charge in [-0.15, -0.1) is 0 Å². The van der Waals surface area contributed by atoms with Crippen LogP contribution in [-0.4, -0.2) is 61.4 Å². The van der Waals surface area contributed by atoms with E-state index in [4.69, 9.17) is 0 Å². The van der Waals surface area contributed by atoms with Gasteiger partial charge >= 0.3 is 5.97 Å². The van der Waals surface area contributed by atoms with Gasteiger partial charge in [-0.05, 0) is 51.6 Å². The Bertz CT molecular complexity index is 705. The number of hydrogen-bond acceptors (Lipinski definition) is 4. The molecule has 1 aromatic rings. The minimum Gasteiger partial charge on any atom is -0.480 e. The first-order valence-corrected chi connectivity index (χ1v) is 8.76. The zero-order valence-electron chi connectivity index (χ0n) is 13.4. The lowest BCUT2D eigenvalue weighted by Crippen LogP contribution is -2.53. The van der Waals surface area contributed by atoms with Crippen LogP contribution in [0.1, 0.15) is 18.4 Å². The van der Waals surface area contributed by atoms with Gasteiger partial charge in [0, 0.05) is 12.6 Å². The Hall–Kier alpha value is -1.51. The fraction of sp³-hybridized carbons (Fsp3) is 0.533. The quantitative estimate of drug-likeness (QED) is 0.891. The van der Waals surface area contributed by atoms with Gasteiger partial charge < -0.3 is 10.0 Å². The van der Waals surface area contributed by atoms with Crippen LogP contribution in [0.2, 0.25) is 0 Å². The first kappa shape index (κ1) is 17.8. The predicted octanol–water partition coefficient (Wildman–Crippen LogP) is 1.30. The maximum Gasteiger partial charge on any atom is 0.322 e. The first-order chi connectivity index (χ1) is 10.6. The second-order valence-corrected chi connectivity index (χ2v) is 7.91. The smallest absolute Gasteiger partial charge is 0.322 e. The number of hydrogen-bond donors (Lipinski definition) is 1. The average molecular weight is 344 g/mol. The van der Waals surface area contributed by atoms with E-state index in [1.165, 1.54) is 19.1 Å². The topological polar surface area (TPSA) is 77.9 Å². The molecule has 0 amide bonds. The van der Waals surface area contributed by atoms with Crippen LogP contribution in [-0.2, 0) is 14.8 Å². The fourth-order valence-electron chi connectivity index (χ4n) is 2.78. The number of aliphatic carboxylic acids is 1. The van der Waals surface area contributed by atoms with E-state index in [0.717, 1.165) is 10.4 Å². The number of aryl methyl sites for hydroxylation is 1. The maximum absolute atomic E-state index is 13.7. The molecule has 2 rings (SSSR count). The molecule has 1 N–H and O–H groups in total. The minimum atomic E-state index is -4.05. The van der Waals surface area contributed by atoms with Crippen molar-refractivity contribution in [3.63, 3.8) is 0 Å². The zero-order valence-corrected chi connectivity index (χ0v) is 14.2. The molecular formula is C15H21FN2O4S. The van der Waals surface area contributed by atoms with Crippen LogP contribution in [0.25, 0.3) is 0 Å². The molecule has 0 bridgehead atoms. The molecular weight excluding hydrogens is 323 g/mol. The number of carboxylic acid groups (broad SMARTS) is 1. The number of piperidine rings is 1. The minimum absolute atomic E-state index is 0.00250. The third-order valence-electron chi connectivity index (χ3n) is 4.29. The van der Waals surface area contributed by atoms with Gasteiger partial charge in [-0.3, -0.25) is 4.79 Å². The third kappa shape index (κ3) is 3.54. The number of carbonyl (C=O) groups is 1. The Morgan fingerprint density at radius 1 is 1.39 bits per heavy atom. The summed E-state index contributed by atoms with van der Waals surface area (Å²) in [6, 6.07) is 2.49. The van der Waals surface area contributed by atoms with Crippen LogP contribution in [0.4, 0.5) is 4.39 Å². The molecule has 1 aliphatic rings. The lowest BCUT2D eigenvalue weighted by Gasteiger charge is -2.38. The molecule has 0 saturated carbocycles. The highest BCUT2D eigenvalue weighted by molar-refractivity contribution is 7.89. The first-order valence-electron chi connectivity index (χ1n) is 7.32. The second-order valence-electron chi connectivity index (χ2n) is 6.02. The Labute approximate surface area is 135 Å². The normalized spacial score (nSPS) is 23.2. The second kappa shape index (κ2) is 6.54. The average Bonchev–Trinajstić information content (AvgIpc) is 2.49. The summed E-state index contributed by atoms with van der Waals surface area (Å²) in [6.45, 7) is 1.63. The monoisotopic (exact) mass is 344 g/mol. The molecule has 2 atom stereocenters. The van der Waals surface area contributed by atoms with E-state index in [0.29, 0.717) is 12.0 Å². The number of nitrogens with zero attached hydrogens (tertiary/aromatic N) is 2. The molecule has 0 aliphatic carbocycles. The van der Waals surface area contributed by atoms with Gasteiger partial charge in [0.25, 0.3) is 0 Å². The van der Waals surface area contributed by atoms with Gasteiger partial charge in [0.15, 0.2) is 0 Å². The van der Waals surface area contributed by atoms with E-state index < -0.39 is 27.9 Å². The van der Waals surface area contributed by atoms with Crippen molar-refractivity contribution >= 4 is 16.0 Å². The van der Waals surface area contributed by atoms with E-state index in [1.807, 2.05) is 19.0 Å². The molecule has 1 fully saturated rings. The Morgan fingerprint density at radius 2 is 2.04 bits per heavy atom. The van der Waals surface area contributed by atoms with Gasteiger partial charge in [0.2, 0.25) is 10.0 Å². The van der Waals surface area contributed by atoms with Crippen LogP contribution in [0.5, 0.6) is 0 Å². The number of benzene rings is 1. The summed E-state index contributed by atoms with van der Waals surface area (Å²) in [4.78, 5) is 13.2. The molecule has 6 nitrogen and oxygen atoms in total. The number of carboxylic acids is 1. The van der Waals surface area contributed by atoms with Gasteiger partial charge in [-0.1, -0.05) is 6.07 Å². The van der Waals surface area contributed by atoms with Crippen molar-refractivity contribution < 1.29 is 22.7 Å². The summed E-state index contributed by atoms with van der Waals surface area (Å²) in [7, 11) is -0.378.